The number of fused-ring (bicyclic) bond motifs is 3. The Bertz CT molecular complexity index is 1080. The molecule has 1 saturated heterocycles. The summed E-state index contributed by atoms with van der Waals surface area (Å²) in [5.74, 6) is -1.24. The van der Waals surface area contributed by atoms with Gasteiger partial charge in [0.25, 0.3) is 5.91 Å². The molecule has 158 valence electrons. The maximum Gasteiger partial charge on any atom is 0.354 e. The minimum absolute atomic E-state index is 0.0394. The summed E-state index contributed by atoms with van der Waals surface area (Å²) in [7, 11) is 1.51. The van der Waals surface area contributed by atoms with Crippen molar-refractivity contribution in [3.63, 3.8) is 0 Å². The van der Waals surface area contributed by atoms with Gasteiger partial charge in [-0.15, -0.1) is 0 Å². The molecule has 0 aliphatic carbocycles. The Morgan fingerprint density at radius 3 is 2.61 bits per heavy atom. The van der Waals surface area contributed by atoms with E-state index in [9.17, 15) is 14.4 Å². The highest BCUT2D eigenvalue weighted by Gasteiger charge is 2.61. The van der Waals surface area contributed by atoms with E-state index in [0.717, 1.165) is 0 Å². The lowest BCUT2D eigenvalue weighted by Gasteiger charge is -2.48. The van der Waals surface area contributed by atoms with Crippen LogP contribution in [0.2, 0.25) is 0 Å². The molecule has 2 aliphatic rings. The molecular weight excluding hydrogens is 398 g/mol. The van der Waals surface area contributed by atoms with Crippen molar-refractivity contribution in [1.29, 1.82) is 5.26 Å². The molecule has 8 nitrogen and oxygen atoms in total. The van der Waals surface area contributed by atoms with E-state index in [1.807, 2.05) is 6.07 Å². The third-order valence-electron chi connectivity index (χ3n) is 5.67. The van der Waals surface area contributed by atoms with Crippen molar-refractivity contribution >= 4 is 23.5 Å². The standard InChI is InChI=1S/C23H21N3O5/c1-30-13-12-25-21(28)18-4-2-3-5-19(18)26-20(27)10-11-23(25,26)22(29)31-15-17-8-6-16(14-24)7-9-17/h2-9H,10-13,15H2,1H3/t23-/m1/s1. The van der Waals surface area contributed by atoms with E-state index >= 15 is 0 Å². The Balaban J connectivity index is 1.70. The van der Waals surface area contributed by atoms with Crippen LogP contribution in [0.15, 0.2) is 48.5 Å². The number of nitriles is 1. The fraction of sp³-hybridized carbons (Fsp3) is 0.304. The van der Waals surface area contributed by atoms with Gasteiger partial charge < -0.3 is 14.4 Å². The number of amides is 2. The van der Waals surface area contributed by atoms with Gasteiger partial charge in [0.05, 0.1) is 29.5 Å². The molecule has 2 amide bonds. The Labute approximate surface area is 179 Å². The number of hydrogen-bond acceptors (Lipinski definition) is 6. The number of carbonyl (C=O) groups is 3. The van der Waals surface area contributed by atoms with E-state index in [1.165, 1.54) is 16.9 Å². The number of hydrogen-bond donors (Lipinski definition) is 0. The first kappa shape index (κ1) is 20.6. The number of rotatable bonds is 6. The van der Waals surface area contributed by atoms with Gasteiger partial charge in [-0.3, -0.25) is 14.5 Å². The van der Waals surface area contributed by atoms with E-state index in [0.29, 0.717) is 22.4 Å². The summed E-state index contributed by atoms with van der Waals surface area (Å²) in [6.45, 7) is 0.308. The fourth-order valence-electron chi connectivity index (χ4n) is 4.18. The van der Waals surface area contributed by atoms with E-state index in [-0.39, 0.29) is 44.4 Å². The van der Waals surface area contributed by atoms with Gasteiger partial charge in [0, 0.05) is 26.5 Å². The number of ether oxygens (including phenoxy) is 2. The van der Waals surface area contributed by atoms with Gasteiger partial charge in [-0.05, 0) is 29.8 Å². The number of benzene rings is 2. The van der Waals surface area contributed by atoms with E-state index in [1.54, 1.807) is 48.5 Å². The molecule has 1 atom stereocenters. The van der Waals surface area contributed by atoms with Gasteiger partial charge in [-0.2, -0.15) is 5.26 Å². The predicted molar refractivity (Wildman–Crippen MR) is 110 cm³/mol. The summed E-state index contributed by atoms with van der Waals surface area (Å²) in [5.41, 5.74) is 0.434. The molecule has 2 aromatic carbocycles. The van der Waals surface area contributed by atoms with Crippen molar-refractivity contribution in [3.8, 4) is 6.07 Å². The second-order valence-corrected chi connectivity index (χ2v) is 7.40. The molecule has 8 heteroatoms. The van der Waals surface area contributed by atoms with Gasteiger partial charge in [-0.25, -0.2) is 4.79 Å². The molecule has 2 aliphatic heterocycles. The van der Waals surface area contributed by atoms with E-state index in [4.69, 9.17) is 14.7 Å². The van der Waals surface area contributed by atoms with Crippen molar-refractivity contribution in [3.05, 3.63) is 65.2 Å². The lowest BCUT2D eigenvalue weighted by atomic mass is 9.96. The zero-order valence-electron chi connectivity index (χ0n) is 17.0. The Morgan fingerprint density at radius 1 is 1.16 bits per heavy atom. The highest BCUT2D eigenvalue weighted by atomic mass is 16.5. The SMILES string of the molecule is COCCN1C(=O)c2ccccc2N2C(=O)CC[C@@]12C(=O)OCc1ccc(C#N)cc1. The highest BCUT2D eigenvalue weighted by molar-refractivity contribution is 6.15. The second kappa shape index (κ2) is 8.20. The van der Waals surface area contributed by atoms with Gasteiger partial charge >= 0.3 is 5.97 Å². The number of para-hydroxylation sites is 1. The molecule has 0 spiro atoms. The van der Waals surface area contributed by atoms with Crippen LogP contribution in [-0.4, -0.2) is 48.6 Å². The van der Waals surface area contributed by atoms with Gasteiger partial charge in [0.2, 0.25) is 11.6 Å². The minimum atomic E-state index is -1.55. The van der Waals surface area contributed by atoms with Crippen molar-refractivity contribution in [2.45, 2.75) is 25.1 Å². The predicted octanol–water partition coefficient (Wildman–Crippen LogP) is 2.23. The third kappa shape index (κ3) is 3.33. The van der Waals surface area contributed by atoms with Crippen LogP contribution >= 0.6 is 0 Å². The quantitative estimate of drug-likeness (QED) is 0.666. The molecular formula is C23H21N3O5. The first-order chi connectivity index (χ1) is 15.0. The Hall–Kier alpha value is -3.70. The molecule has 0 N–H and O–H groups in total. The average Bonchev–Trinajstić information content (AvgIpc) is 3.16. The molecule has 1 fully saturated rings. The summed E-state index contributed by atoms with van der Waals surface area (Å²) in [5, 5.41) is 8.93. The maximum absolute atomic E-state index is 13.5. The van der Waals surface area contributed by atoms with Gasteiger partial charge in [0.1, 0.15) is 6.61 Å². The molecule has 31 heavy (non-hydrogen) atoms. The molecule has 0 bridgehead atoms. The fourth-order valence-corrected chi connectivity index (χ4v) is 4.18. The lowest BCUT2D eigenvalue weighted by molar-refractivity contribution is -0.159. The molecule has 0 unspecified atom stereocenters. The molecule has 0 radical (unpaired) electrons. The first-order valence-corrected chi connectivity index (χ1v) is 9.92. The van der Waals surface area contributed by atoms with Crippen molar-refractivity contribution in [1.82, 2.24) is 4.90 Å². The third-order valence-corrected chi connectivity index (χ3v) is 5.67. The zero-order valence-corrected chi connectivity index (χ0v) is 17.0. The molecule has 2 aromatic rings. The summed E-state index contributed by atoms with van der Waals surface area (Å²) in [6, 6.07) is 15.5. The van der Waals surface area contributed by atoms with Crippen LogP contribution in [0, 0.1) is 11.3 Å². The normalized spacial score (nSPS) is 19.6. The summed E-state index contributed by atoms with van der Waals surface area (Å²) < 4.78 is 10.8. The monoisotopic (exact) mass is 419 g/mol. The molecule has 2 heterocycles. The van der Waals surface area contributed by atoms with Gasteiger partial charge in [0.15, 0.2) is 0 Å². The largest absolute Gasteiger partial charge is 0.458 e. The number of carbonyl (C=O) groups excluding carboxylic acids is 3. The molecule has 4 rings (SSSR count). The van der Waals surface area contributed by atoms with Crippen LogP contribution in [0.1, 0.15) is 34.3 Å². The smallest absolute Gasteiger partial charge is 0.354 e. The van der Waals surface area contributed by atoms with Crippen LogP contribution in [0.5, 0.6) is 0 Å². The van der Waals surface area contributed by atoms with Crippen LogP contribution in [0.25, 0.3) is 0 Å². The number of anilines is 1. The first-order valence-electron chi connectivity index (χ1n) is 9.92. The summed E-state index contributed by atoms with van der Waals surface area (Å²) >= 11 is 0. The van der Waals surface area contributed by atoms with Crippen molar-refractivity contribution < 1.29 is 23.9 Å². The second-order valence-electron chi connectivity index (χ2n) is 7.40. The Morgan fingerprint density at radius 2 is 1.90 bits per heavy atom. The van der Waals surface area contributed by atoms with Gasteiger partial charge in [-0.1, -0.05) is 24.3 Å². The van der Waals surface area contributed by atoms with Crippen LogP contribution in [0.3, 0.4) is 0 Å². The maximum atomic E-state index is 13.5. The van der Waals surface area contributed by atoms with E-state index in [2.05, 4.69) is 0 Å². The summed E-state index contributed by atoms with van der Waals surface area (Å²) in [6.07, 6.45) is 0.263. The highest BCUT2D eigenvalue weighted by Crippen LogP contribution is 2.45. The van der Waals surface area contributed by atoms with Crippen molar-refractivity contribution in [2.24, 2.45) is 0 Å². The number of esters is 1. The summed E-state index contributed by atoms with van der Waals surface area (Å²) in [4.78, 5) is 42.5. The minimum Gasteiger partial charge on any atom is -0.458 e. The molecule has 0 saturated carbocycles. The van der Waals surface area contributed by atoms with Crippen molar-refractivity contribution in [2.75, 3.05) is 25.2 Å². The Kier molecular flexibility index (Phi) is 5.44. The van der Waals surface area contributed by atoms with E-state index < -0.39 is 11.6 Å². The number of methoxy groups -OCH3 is 1. The zero-order chi connectivity index (χ0) is 22.0. The van der Waals surface area contributed by atoms with Crippen LogP contribution in [-0.2, 0) is 25.7 Å². The van der Waals surface area contributed by atoms with Crippen LogP contribution in [0.4, 0.5) is 5.69 Å². The number of nitrogens with zero attached hydrogens (tertiary/aromatic N) is 3. The average molecular weight is 419 g/mol. The lowest BCUT2D eigenvalue weighted by Crippen LogP contribution is -2.68. The topological polar surface area (TPSA) is 99.9 Å². The molecule has 0 aromatic heterocycles. The van der Waals surface area contributed by atoms with Crippen LogP contribution < -0.4 is 4.90 Å².